The first-order valence-corrected chi connectivity index (χ1v) is 8.27. The Labute approximate surface area is 110 Å². The van der Waals surface area contributed by atoms with E-state index in [1.165, 1.54) is 32.1 Å². The summed E-state index contributed by atoms with van der Waals surface area (Å²) < 4.78 is 22.2. The number of aliphatic hydroxyl groups excluding tert-OH is 1. The van der Waals surface area contributed by atoms with Crippen LogP contribution >= 0.6 is 16.5 Å². The SMILES string of the molecule is CC(C)CCCCCCCO.O=[P+](O)O[P+](=O)O. The molecule has 2 atom stereocenters. The largest absolute Gasteiger partial charge is 0.745 e. The Hall–Kier alpha value is 0.0400. The lowest BCUT2D eigenvalue weighted by Gasteiger charge is -2.03. The van der Waals surface area contributed by atoms with Crippen LogP contribution in [0.4, 0.5) is 0 Å². The van der Waals surface area contributed by atoms with E-state index in [0.717, 1.165) is 12.3 Å². The highest BCUT2D eigenvalue weighted by atomic mass is 31.2. The summed E-state index contributed by atoms with van der Waals surface area (Å²) in [7, 11) is -5.85. The molecule has 0 rings (SSSR count). The Kier molecular flexibility index (Phi) is 17.1. The number of hydrogen-bond donors (Lipinski definition) is 3. The summed E-state index contributed by atoms with van der Waals surface area (Å²) in [4.78, 5) is 15.3. The van der Waals surface area contributed by atoms with Gasteiger partial charge in [-0.05, 0) is 12.3 Å². The molecule has 8 heteroatoms. The number of hydrogen-bond acceptors (Lipinski definition) is 4. The van der Waals surface area contributed by atoms with E-state index in [0.29, 0.717) is 6.61 Å². The Morgan fingerprint density at radius 3 is 1.72 bits per heavy atom. The standard InChI is InChI=1S/C10H22O.O5P2/c1-10(2)8-6-4-3-5-7-9-11;1-6(2)5-7(3)4/h10-11H,3-9H2,1-2H3;/p+2. The van der Waals surface area contributed by atoms with Crippen LogP contribution in [0.5, 0.6) is 0 Å². The van der Waals surface area contributed by atoms with Gasteiger partial charge in [-0.2, -0.15) is 0 Å². The van der Waals surface area contributed by atoms with Crippen molar-refractivity contribution in [2.24, 2.45) is 5.92 Å². The summed E-state index contributed by atoms with van der Waals surface area (Å²) in [6.07, 6.45) is 7.56. The fourth-order valence-electron chi connectivity index (χ4n) is 1.25. The average Bonchev–Trinajstić information content (AvgIpc) is 2.21. The minimum Gasteiger partial charge on any atom is -0.396 e. The Morgan fingerprint density at radius 2 is 1.39 bits per heavy atom. The second-order valence-corrected chi connectivity index (χ2v) is 5.84. The van der Waals surface area contributed by atoms with E-state index in [-0.39, 0.29) is 0 Å². The number of unbranched alkanes of at least 4 members (excludes halogenated alkanes) is 4. The third kappa shape index (κ3) is 25.0. The smallest absolute Gasteiger partial charge is 0.396 e. The Bertz CT molecular complexity index is 210. The number of aliphatic hydroxyl groups is 1. The molecule has 0 aromatic heterocycles. The van der Waals surface area contributed by atoms with Crippen molar-refractivity contribution in [2.75, 3.05) is 6.61 Å². The summed E-state index contributed by atoms with van der Waals surface area (Å²) in [6, 6.07) is 0. The zero-order valence-electron chi connectivity index (χ0n) is 11.0. The van der Waals surface area contributed by atoms with Gasteiger partial charge in [0.25, 0.3) is 0 Å². The highest BCUT2D eigenvalue weighted by Gasteiger charge is 2.31. The van der Waals surface area contributed by atoms with E-state index in [1.807, 2.05) is 0 Å². The van der Waals surface area contributed by atoms with Crippen LogP contribution in [0.2, 0.25) is 0 Å². The molecule has 0 spiro atoms. The monoisotopic (exact) mass is 302 g/mol. The van der Waals surface area contributed by atoms with Crippen molar-refractivity contribution in [3.63, 3.8) is 0 Å². The summed E-state index contributed by atoms with van der Waals surface area (Å²) in [5.74, 6) is 0.854. The molecule has 0 aromatic rings. The summed E-state index contributed by atoms with van der Waals surface area (Å²) in [6.45, 7) is 4.91. The van der Waals surface area contributed by atoms with E-state index < -0.39 is 16.5 Å². The molecule has 0 heterocycles. The van der Waals surface area contributed by atoms with E-state index >= 15 is 0 Å². The molecule has 0 saturated carbocycles. The van der Waals surface area contributed by atoms with Crippen LogP contribution < -0.4 is 0 Å². The van der Waals surface area contributed by atoms with Gasteiger partial charge in [-0.3, -0.25) is 0 Å². The van der Waals surface area contributed by atoms with Gasteiger partial charge in [0.2, 0.25) is 0 Å². The second-order valence-electron chi connectivity index (χ2n) is 4.23. The fourth-order valence-corrected chi connectivity index (χ4v) is 1.73. The maximum atomic E-state index is 9.39. The van der Waals surface area contributed by atoms with Crippen LogP contribution in [0.25, 0.3) is 0 Å². The van der Waals surface area contributed by atoms with Crippen LogP contribution in [0.3, 0.4) is 0 Å². The molecule has 0 amide bonds. The first kappa shape index (κ1) is 20.4. The Morgan fingerprint density at radius 1 is 0.944 bits per heavy atom. The molecule has 0 fully saturated rings. The highest BCUT2D eigenvalue weighted by molar-refractivity contribution is 7.46. The van der Waals surface area contributed by atoms with Gasteiger partial charge in [0.15, 0.2) is 4.31 Å². The van der Waals surface area contributed by atoms with E-state index in [1.54, 1.807) is 0 Å². The minimum absolute atomic E-state index is 0.365. The lowest BCUT2D eigenvalue weighted by Crippen LogP contribution is -1.88. The quantitative estimate of drug-likeness (QED) is 0.446. The van der Waals surface area contributed by atoms with Gasteiger partial charge in [-0.25, -0.2) is 0 Å². The zero-order chi connectivity index (χ0) is 14.4. The summed E-state index contributed by atoms with van der Waals surface area (Å²) in [5.41, 5.74) is 0. The van der Waals surface area contributed by atoms with Crippen LogP contribution in [-0.4, -0.2) is 21.5 Å². The van der Waals surface area contributed by atoms with Gasteiger partial charge in [-0.1, -0.05) is 46.0 Å². The van der Waals surface area contributed by atoms with Gasteiger partial charge in [0.1, 0.15) is 0 Å². The molecule has 0 radical (unpaired) electrons. The van der Waals surface area contributed by atoms with E-state index in [2.05, 4.69) is 18.2 Å². The maximum absolute atomic E-state index is 9.39. The van der Waals surface area contributed by atoms with Crippen LogP contribution in [0.1, 0.15) is 52.4 Å². The van der Waals surface area contributed by atoms with Crippen molar-refractivity contribution >= 4 is 16.5 Å². The molecule has 6 nitrogen and oxygen atoms in total. The maximum Gasteiger partial charge on any atom is 0.745 e. The highest BCUT2D eigenvalue weighted by Crippen LogP contribution is 2.30. The van der Waals surface area contributed by atoms with Crippen molar-refractivity contribution in [2.45, 2.75) is 52.4 Å². The number of rotatable bonds is 9. The molecule has 0 aliphatic rings. The molecule has 0 saturated heterocycles. The molecule has 18 heavy (non-hydrogen) atoms. The lowest BCUT2D eigenvalue weighted by atomic mass is 10.0. The first-order valence-electron chi connectivity index (χ1n) is 6.01. The predicted octanol–water partition coefficient (Wildman–Crippen LogP) is 3.28. The van der Waals surface area contributed by atoms with Crippen LogP contribution in [0.15, 0.2) is 0 Å². The second kappa shape index (κ2) is 15.1. The topological polar surface area (TPSA) is 104 Å². The summed E-state index contributed by atoms with van der Waals surface area (Å²) in [5, 5.41) is 8.51. The molecule has 108 valence electrons. The third-order valence-electron chi connectivity index (χ3n) is 2.08. The zero-order valence-corrected chi connectivity index (χ0v) is 12.8. The molecule has 0 bridgehead atoms. The molecular formula is C10H24O6P2+2. The predicted molar refractivity (Wildman–Crippen MR) is 70.4 cm³/mol. The Balaban J connectivity index is 0. The summed E-state index contributed by atoms with van der Waals surface area (Å²) >= 11 is 0. The molecule has 0 aliphatic carbocycles. The molecule has 0 aliphatic heterocycles. The average molecular weight is 302 g/mol. The molecule has 3 N–H and O–H groups in total. The van der Waals surface area contributed by atoms with E-state index in [9.17, 15) is 9.13 Å². The van der Waals surface area contributed by atoms with Crippen molar-refractivity contribution in [1.82, 2.24) is 0 Å². The van der Waals surface area contributed by atoms with Gasteiger partial charge < -0.3 is 5.11 Å². The van der Waals surface area contributed by atoms with E-state index in [4.69, 9.17) is 14.9 Å². The van der Waals surface area contributed by atoms with Gasteiger partial charge in [-0.15, -0.1) is 9.79 Å². The normalized spacial score (nSPS) is 11.9. The molecular weight excluding hydrogens is 278 g/mol. The van der Waals surface area contributed by atoms with Gasteiger partial charge in [0, 0.05) is 15.7 Å². The molecule has 2 unspecified atom stereocenters. The van der Waals surface area contributed by atoms with Crippen LogP contribution in [-0.2, 0) is 13.4 Å². The van der Waals surface area contributed by atoms with Gasteiger partial charge in [0.05, 0.1) is 0 Å². The lowest BCUT2D eigenvalue weighted by molar-refractivity contribution is 0.282. The fraction of sp³-hybridized carbons (Fsp3) is 1.00. The van der Waals surface area contributed by atoms with Gasteiger partial charge >= 0.3 is 16.5 Å². The van der Waals surface area contributed by atoms with Crippen molar-refractivity contribution in [3.8, 4) is 0 Å². The van der Waals surface area contributed by atoms with Crippen molar-refractivity contribution in [1.29, 1.82) is 0 Å². The third-order valence-corrected chi connectivity index (χ3v) is 3.20. The first-order chi connectivity index (χ1) is 8.40. The van der Waals surface area contributed by atoms with Crippen molar-refractivity contribution in [3.05, 3.63) is 0 Å². The van der Waals surface area contributed by atoms with Crippen molar-refractivity contribution < 1.29 is 28.3 Å². The molecule has 0 aromatic carbocycles. The minimum atomic E-state index is -2.92. The van der Waals surface area contributed by atoms with Crippen LogP contribution in [0, 0.1) is 5.92 Å².